The summed E-state index contributed by atoms with van der Waals surface area (Å²) >= 11 is 0. The van der Waals surface area contributed by atoms with Gasteiger partial charge in [-0.15, -0.1) is 5.10 Å². The van der Waals surface area contributed by atoms with Crippen molar-refractivity contribution in [2.75, 3.05) is 18.0 Å². The van der Waals surface area contributed by atoms with E-state index in [9.17, 15) is 0 Å². The van der Waals surface area contributed by atoms with Crippen molar-refractivity contribution in [3.05, 3.63) is 53.1 Å². The minimum absolute atomic E-state index is 0.0825. The predicted octanol–water partition coefficient (Wildman–Crippen LogP) is 3.56. The van der Waals surface area contributed by atoms with E-state index in [0.29, 0.717) is 31.2 Å². The fourth-order valence-corrected chi connectivity index (χ4v) is 4.31. The van der Waals surface area contributed by atoms with E-state index < -0.39 is 5.82 Å². The molecule has 0 amide bonds. The molecule has 31 heavy (non-hydrogen) atoms. The van der Waals surface area contributed by atoms with E-state index in [0.717, 1.165) is 17.7 Å². The third kappa shape index (κ3) is 5.41. The highest BCUT2D eigenvalue weighted by Crippen LogP contribution is 2.30. The van der Waals surface area contributed by atoms with Gasteiger partial charge in [-0.25, -0.2) is 4.39 Å². The second-order valence-corrected chi connectivity index (χ2v) is 8.65. The Morgan fingerprint density at radius 2 is 2.00 bits per heavy atom. The highest BCUT2D eigenvalue weighted by molar-refractivity contribution is 6.03. The van der Waals surface area contributed by atoms with Gasteiger partial charge in [0.25, 0.3) is 0 Å². The smallest absolute Gasteiger partial charge is 0.160 e. The number of hydrogen-bond acceptors (Lipinski definition) is 6. The van der Waals surface area contributed by atoms with E-state index in [1.807, 2.05) is 18.2 Å². The topological polar surface area (TPSA) is 107 Å². The first-order valence-corrected chi connectivity index (χ1v) is 10.6. The third-order valence-electron chi connectivity index (χ3n) is 5.60. The lowest BCUT2D eigenvalue weighted by molar-refractivity contribution is 0.121. The molecule has 1 aliphatic heterocycles. The molecule has 0 unspecified atom stereocenters. The van der Waals surface area contributed by atoms with Crippen molar-refractivity contribution in [1.29, 1.82) is 5.53 Å². The minimum Gasteiger partial charge on any atom is -0.382 e. The van der Waals surface area contributed by atoms with Crippen molar-refractivity contribution in [1.82, 2.24) is 15.1 Å². The average Bonchev–Trinajstić information content (AvgIpc) is 2.70. The minimum atomic E-state index is -0.430. The summed E-state index contributed by atoms with van der Waals surface area (Å²) in [6.07, 6.45) is 2.44. The number of nitrogens with two attached hydrogens (primary N) is 1. The molecule has 9 heteroatoms. The maximum absolute atomic E-state index is 15.1. The zero-order valence-electron chi connectivity index (χ0n) is 18.6. The largest absolute Gasteiger partial charge is 0.382 e. The molecule has 1 aromatic carbocycles. The first-order chi connectivity index (χ1) is 14.8. The monoisotopic (exact) mass is 426 g/mol. The molecular weight excluding hydrogens is 395 g/mol. The maximum Gasteiger partial charge on any atom is 0.160 e. The number of halogens is 1. The summed E-state index contributed by atoms with van der Waals surface area (Å²) in [6, 6.07) is 7.79. The number of anilines is 1. The molecule has 3 N–H and O–H groups in total. The Labute approximate surface area is 182 Å². The van der Waals surface area contributed by atoms with Crippen LogP contribution in [0.3, 0.4) is 0 Å². The molecule has 0 saturated carbocycles. The SMILES string of the molecule is CC(C)Cc1cc(F)c(C(N)=NN=N)c(N2C[C@H](C)N(Cc3cccnn3)[C@@H](C)C2)c1. The zero-order valence-corrected chi connectivity index (χ0v) is 18.6. The van der Waals surface area contributed by atoms with Gasteiger partial charge in [-0.05, 0) is 56.0 Å². The Bertz CT molecular complexity index is 919. The van der Waals surface area contributed by atoms with Crippen LogP contribution in [0.5, 0.6) is 0 Å². The number of piperazine rings is 1. The van der Waals surface area contributed by atoms with E-state index in [2.05, 4.69) is 58.0 Å². The lowest BCUT2D eigenvalue weighted by Gasteiger charge is -2.45. The van der Waals surface area contributed by atoms with Crippen molar-refractivity contribution in [3.63, 3.8) is 0 Å². The van der Waals surface area contributed by atoms with E-state index in [1.54, 1.807) is 6.20 Å². The molecule has 2 atom stereocenters. The molecule has 0 bridgehead atoms. The van der Waals surface area contributed by atoms with E-state index in [4.69, 9.17) is 11.3 Å². The van der Waals surface area contributed by atoms with Gasteiger partial charge in [-0.3, -0.25) is 4.90 Å². The molecule has 1 aliphatic rings. The molecule has 166 valence electrons. The van der Waals surface area contributed by atoms with Crippen LogP contribution in [-0.2, 0) is 13.0 Å². The van der Waals surface area contributed by atoms with Crippen LogP contribution in [0.2, 0.25) is 0 Å². The first-order valence-electron chi connectivity index (χ1n) is 10.6. The molecule has 2 aromatic rings. The fraction of sp³-hybridized carbons (Fsp3) is 0.500. The normalized spacial score (nSPS) is 20.3. The maximum atomic E-state index is 15.1. The van der Waals surface area contributed by atoms with Crippen LogP contribution in [0.25, 0.3) is 0 Å². The Morgan fingerprint density at radius 3 is 2.58 bits per heavy atom. The molecule has 1 saturated heterocycles. The number of amidine groups is 1. The van der Waals surface area contributed by atoms with Gasteiger partial charge in [0.2, 0.25) is 0 Å². The Balaban J connectivity index is 1.93. The van der Waals surface area contributed by atoms with Crippen LogP contribution in [0, 0.1) is 17.3 Å². The molecule has 0 spiro atoms. The summed E-state index contributed by atoms with van der Waals surface area (Å²) in [5, 5.41) is 14.8. The van der Waals surface area contributed by atoms with E-state index in [-0.39, 0.29) is 23.5 Å². The summed E-state index contributed by atoms with van der Waals surface area (Å²) < 4.78 is 15.1. The summed E-state index contributed by atoms with van der Waals surface area (Å²) in [5.41, 5.74) is 15.8. The van der Waals surface area contributed by atoms with Crippen molar-refractivity contribution in [2.45, 2.75) is 52.7 Å². The van der Waals surface area contributed by atoms with Gasteiger partial charge in [0.05, 0.1) is 16.9 Å². The van der Waals surface area contributed by atoms with Crippen LogP contribution in [0.15, 0.2) is 40.8 Å². The van der Waals surface area contributed by atoms with Gasteiger partial charge in [-0.2, -0.15) is 15.7 Å². The number of hydrogen-bond donors (Lipinski definition) is 2. The third-order valence-corrected chi connectivity index (χ3v) is 5.60. The number of aromatic nitrogens is 2. The van der Waals surface area contributed by atoms with Crippen LogP contribution < -0.4 is 10.6 Å². The van der Waals surface area contributed by atoms with Crippen LogP contribution in [0.4, 0.5) is 10.1 Å². The molecule has 1 fully saturated rings. The van der Waals surface area contributed by atoms with Gasteiger partial charge in [0, 0.05) is 37.9 Å². The second kappa shape index (κ2) is 9.91. The van der Waals surface area contributed by atoms with Crippen LogP contribution >= 0.6 is 0 Å². The first kappa shape index (κ1) is 22.7. The van der Waals surface area contributed by atoms with Crippen molar-refractivity contribution < 1.29 is 4.39 Å². The zero-order chi connectivity index (χ0) is 22.5. The molecule has 0 radical (unpaired) electrons. The standard InChI is InChI=1S/C22H31FN8/c1-14(2)8-17-9-19(23)21(22(24)28-29-25)20(10-17)30-11-15(3)31(16(4)12-30)13-18-6-5-7-26-27-18/h5-7,9-10,14-16H,8,11-13H2,1-4H3,(H3,24,25,28)/t15-,16-/m0/s1. The van der Waals surface area contributed by atoms with Gasteiger partial charge in [0.1, 0.15) is 5.82 Å². The fourth-order valence-electron chi connectivity index (χ4n) is 4.31. The van der Waals surface area contributed by atoms with Gasteiger partial charge >= 0.3 is 0 Å². The highest BCUT2D eigenvalue weighted by atomic mass is 19.1. The van der Waals surface area contributed by atoms with Crippen molar-refractivity contribution in [3.8, 4) is 0 Å². The summed E-state index contributed by atoms with van der Waals surface area (Å²) in [5.74, 6) is -0.115. The molecule has 3 rings (SSSR count). The van der Waals surface area contributed by atoms with E-state index >= 15 is 4.39 Å². The van der Waals surface area contributed by atoms with Crippen LogP contribution in [-0.4, -0.2) is 46.1 Å². The van der Waals surface area contributed by atoms with Crippen molar-refractivity contribution in [2.24, 2.45) is 22.0 Å². The number of nitrogens with one attached hydrogen (secondary N) is 1. The summed E-state index contributed by atoms with van der Waals surface area (Å²) in [7, 11) is 0. The average molecular weight is 427 g/mol. The van der Waals surface area contributed by atoms with Crippen LogP contribution in [0.1, 0.15) is 44.5 Å². The number of rotatable bonds is 7. The molecular formula is C22H31FN8. The lowest BCUT2D eigenvalue weighted by atomic mass is 9.97. The van der Waals surface area contributed by atoms with E-state index in [1.165, 1.54) is 6.07 Å². The quantitative estimate of drug-likeness (QED) is 0.305. The predicted molar refractivity (Wildman–Crippen MR) is 120 cm³/mol. The highest BCUT2D eigenvalue weighted by Gasteiger charge is 2.32. The second-order valence-electron chi connectivity index (χ2n) is 8.65. The van der Waals surface area contributed by atoms with Gasteiger partial charge < -0.3 is 10.6 Å². The number of benzene rings is 1. The Morgan fingerprint density at radius 1 is 1.29 bits per heavy atom. The van der Waals surface area contributed by atoms with Gasteiger partial charge in [-0.1, -0.05) is 19.1 Å². The molecule has 8 nitrogen and oxygen atoms in total. The Kier molecular flexibility index (Phi) is 7.27. The molecule has 2 heterocycles. The molecule has 0 aliphatic carbocycles. The summed E-state index contributed by atoms with van der Waals surface area (Å²) in [6.45, 7) is 10.6. The molecule has 1 aromatic heterocycles. The number of nitrogens with zero attached hydrogens (tertiary/aromatic N) is 6. The van der Waals surface area contributed by atoms with Gasteiger partial charge in [0.15, 0.2) is 5.84 Å². The lowest BCUT2D eigenvalue weighted by Crippen LogP contribution is -2.56. The summed E-state index contributed by atoms with van der Waals surface area (Å²) in [4.78, 5) is 4.54. The van der Waals surface area contributed by atoms with Crippen molar-refractivity contribution >= 4 is 11.5 Å². The Hall–Kier alpha value is -2.94.